The number of hydrogen-bond acceptors (Lipinski definition) is 5. The van der Waals surface area contributed by atoms with Crippen LogP contribution in [0.4, 0.5) is 5.95 Å². The Morgan fingerprint density at radius 2 is 1.89 bits per heavy atom. The predicted octanol–water partition coefficient (Wildman–Crippen LogP) is 3.07. The minimum atomic E-state index is -0.285. The first kappa shape index (κ1) is 18.9. The molecule has 0 spiro atoms. The molecule has 6 nitrogen and oxygen atoms in total. The van der Waals surface area contributed by atoms with Crippen molar-refractivity contribution in [1.29, 1.82) is 0 Å². The van der Waals surface area contributed by atoms with E-state index >= 15 is 0 Å². The zero-order chi connectivity index (χ0) is 19.4. The normalized spacial score (nSPS) is 18.8. The van der Waals surface area contributed by atoms with Gasteiger partial charge in [-0.3, -0.25) is 4.79 Å². The van der Waals surface area contributed by atoms with Crippen LogP contribution in [0.3, 0.4) is 0 Å². The second-order valence-electron chi connectivity index (χ2n) is 7.59. The lowest BCUT2D eigenvalue weighted by Gasteiger charge is -2.31. The van der Waals surface area contributed by atoms with Gasteiger partial charge in [-0.2, -0.15) is 0 Å². The molecule has 0 atom stereocenters. The molecule has 0 unspecified atom stereocenters. The Morgan fingerprint density at radius 3 is 2.57 bits per heavy atom. The topological polar surface area (TPSA) is 67.3 Å². The lowest BCUT2D eigenvalue weighted by Crippen LogP contribution is -2.44. The van der Waals surface area contributed by atoms with E-state index in [1.54, 1.807) is 6.20 Å². The largest absolute Gasteiger partial charge is 0.378 e. The molecule has 1 aliphatic heterocycles. The molecule has 28 heavy (non-hydrogen) atoms. The Kier molecular flexibility index (Phi) is 5.57. The van der Waals surface area contributed by atoms with Gasteiger partial charge in [-0.05, 0) is 24.8 Å². The molecule has 1 saturated heterocycles. The molecule has 4 rings (SSSR count). The van der Waals surface area contributed by atoms with Crippen molar-refractivity contribution in [3.63, 3.8) is 0 Å². The summed E-state index contributed by atoms with van der Waals surface area (Å²) in [6.45, 7) is 4.97. The van der Waals surface area contributed by atoms with E-state index in [0.717, 1.165) is 44.5 Å². The van der Waals surface area contributed by atoms with Crippen LogP contribution in [0.1, 0.15) is 54.2 Å². The second kappa shape index (κ2) is 8.27. The van der Waals surface area contributed by atoms with Crippen LogP contribution >= 0.6 is 0 Å². The molecule has 1 N–H and O–H groups in total. The molecule has 1 amide bonds. The van der Waals surface area contributed by atoms with E-state index in [9.17, 15) is 4.79 Å². The molecule has 148 valence electrons. The summed E-state index contributed by atoms with van der Waals surface area (Å²) >= 11 is 0. The van der Waals surface area contributed by atoms with Crippen LogP contribution in [-0.2, 0) is 16.7 Å². The number of carbonyl (C=O) groups excluding carboxylic acids is 1. The lowest BCUT2D eigenvalue weighted by molar-refractivity contribution is 0.0896. The third-order valence-electron chi connectivity index (χ3n) is 5.86. The van der Waals surface area contributed by atoms with Gasteiger partial charge in [0.05, 0.1) is 30.0 Å². The smallest absolute Gasteiger partial charge is 0.255 e. The Morgan fingerprint density at radius 1 is 1.18 bits per heavy atom. The first-order valence-electron chi connectivity index (χ1n) is 10.3. The Labute approximate surface area is 166 Å². The number of nitrogens with one attached hydrogen (secondary N) is 1. The maximum Gasteiger partial charge on any atom is 0.255 e. The number of ether oxygens (including phenoxy) is 1. The number of nitrogens with zero attached hydrogens (tertiary/aromatic N) is 3. The third kappa shape index (κ3) is 3.74. The molecular formula is C22H28N4O2. The van der Waals surface area contributed by atoms with Crippen molar-refractivity contribution in [1.82, 2.24) is 15.3 Å². The quantitative estimate of drug-likeness (QED) is 0.863. The molecule has 2 heterocycles. The van der Waals surface area contributed by atoms with Gasteiger partial charge in [-0.1, -0.05) is 50.1 Å². The van der Waals surface area contributed by atoms with Gasteiger partial charge in [0.15, 0.2) is 0 Å². The summed E-state index contributed by atoms with van der Waals surface area (Å²) < 4.78 is 5.41. The molecule has 1 aromatic heterocycles. The Balaban J connectivity index is 1.58. The van der Waals surface area contributed by atoms with E-state index in [1.165, 1.54) is 5.56 Å². The molecule has 0 bridgehead atoms. The van der Waals surface area contributed by atoms with Crippen LogP contribution in [0.2, 0.25) is 0 Å². The second-order valence-corrected chi connectivity index (χ2v) is 7.59. The van der Waals surface area contributed by atoms with Gasteiger partial charge in [0.2, 0.25) is 5.95 Å². The summed E-state index contributed by atoms with van der Waals surface area (Å²) in [6, 6.07) is 10.3. The van der Waals surface area contributed by atoms with Crippen LogP contribution in [0.15, 0.2) is 36.5 Å². The highest BCUT2D eigenvalue weighted by atomic mass is 16.5. The highest BCUT2D eigenvalue weighted by Crippen LogP contribution is 2.39. The highest BCUT2D eigenvalue weighted by molar-refractivity contribution is 5.95. The fraction of sp³-hybridized carbons (Fsp3) is 0.500. The number of rotatable bonds is 5. The van der Waals surface area contributed by atoms with Crippen molar-refractivity contribution in [3.8, 4) is 0 Å². The summed E-state index contributed by atoms with van der Waals surface area (Å²) in [6.07, 6.45) is 6.58. The van der Waals surface area contributed by atoms with E-state index in [0.29, 0.717) is 31.1 Å². The molecule has 2 aliphatic rings. The van der Waals surface area contributed by atoms with Crippen molar-refractivity contribution in [3.05, 3.63) is 53.3 Å². The molecule has 0 radical (unpaired) electrons. The van der Waals surface area contributed by atoms with Gasteiger partial charge in [0.1, 0.15) is 0 Å². The first-order valence-corrected chi connectivity index (χ1v) is 10.3. The molecule has 1 saturated carbocycles. The van der Waals surface area contributed by atoms with E-state index in [-0.39, 0.29) is 11.4 Å². The fourth-order valence-electron chi connectivity index (χ4n) is 4.29. The molecule has 1 aliphatic carbocycles. The highest BCUT2D eigenvalue weighted by Gasteiger charge is 2.37. The minimum absolute atomic E-state index is 0.0730. The van der Waals surface area contributed by atoms with E-state index in [4.69, 9.17) is 9.72 Å². The van der Waals surface area contributed by atoms with Crippen molar-refractivity contribution in [2.24, 2.45) is 0 Å². The SMILES string of the molecule is CCc1nc(N2CCOCC2)ncc1C(=O)NC1(c2ccccc2)CCCC1. The summed E-state index contributed by atoms with van der Waals surface area (Å²) in [5.74, 6) is 0.617. The molecule has 2 aromatic rings. The van der Waals surface area contributed by atoms with Gasteiger partial charge < -0.3 is 15.0 Å². The van der Waals surface area contributed by atoms with Crippen LogP contribution in [0.25, 0.3) is 0 Å². The van der Waals surface area contributed by atoms with Crippen LogP contribution < -0.4 is 10.2 Å². The summed E-state index contributed by atoms with van der Waals surface area (Å²) in [4.78, 5) is 24.5. The van der Waals surface area contributed by atoms with Crippen LogP contribution in [-0.4, -0.2) is 42.2 Å². The first-order chi connectivity index (χ1) is 13.7. The molecular weight excluding hydrogens is 352 g/mol. The predicted molar refractivity (Wildman–Crippen MR) is 108 cm³/mol. The number of aryl methyl sites for hydroxylation is 1. The average Bonchev–Trinajstić information content (AvgIpc) is 3.24. The van der Waals surface area contributed by atoms with Gasteiger partial charge in [0, 0.05) is 19.3 Å². The summed E-state index contributed by atoms with van der Waals surface area (Å²) in [5, 5.41) is 3.35. The number of morpholine rings is 1. The van der Waals surface area contributed by atoms with Crippen molar-refractivity contribution < 1.29 is 9.53 Å². The lowest BCUT2D eigenvalue weighted by atomic mass is 9.87. The van der Waals surface area contributed by atoms with E-state index in [2.05, 4.69) is 27.3 Å². The van der Waals surface area contributed by atoms with Crippen LogP contribution in [0, 0.1) is 0 Å². The molecule has 6 heteroatoms. The fourth-order valence-corrected chi connectivity index (χ4v) is 4.29. The van der Waals surface area contributed by atoms with E-state index < -0.39 is 0 Å². The van der Waals surface area contributed by atoms with Crippen molar-refractivity contribution >= 4 is 11.9 Å². The maximum absolute atomic E-state index is 13.2. The number of aromatic nitrogens is 2. The number of carbonyl (C=O) groups is 1. The number of anilines is 1. The van der Waals surface area contributed by atoms with Gasteiger partial charge in [-0.25, -0.2) is 9.97 Å². The number of benzene rings is 1. The molecule has 2 fully saturated rings. The van der Waals surface area contributed by atoms with Gasteiger partial charge in [0.25, 0.3) is 5.91 Å². The maximum atomic E-state index is 13.2. The summed E-state index contributed by atoms with van der Waals surface area (Å²) in [5.41, 5.74) is 2.29. The standard InChI is InChI=1S/C22H28N4O2/c1-2-19-18(16-23-21(24-19)26-12-14-28-15-13-26)20(27)25-22(10-6-7-11-22)17-8-4-3-5-9-17/h3-5,8-9,16H,2,6-7,10-15H2,1H3,(H,25,27). The van der Waals surface area contributed by atoms with Crippen molar-refractivity contribution in [2.45, 2.75) is 44.6 Å². The van der Waals surface area contributed by atoms with Crippen LogP contribution in [0.5, 0.6) is 0 Å². The minimum Gasteiger partial charge on any atom is -0.378 e. The zero-order valence-electron chi connectivity index (χ0n) is 16.5. The van der Waals surface area contributed by atoms with E-state index in [1.807, 2.05) is 25.1 Å². The van der Waals surface area contributed by atoms with Crippen molar-refractivity contribution in [2.75, 3.05) is 31.2 Å². The van der Waals surface area contributed by atoms with Gasteiger partial charge >= 0.3 is 0 Å². The molecule has 1 aromatic carbocycles. The monoisotopic (exact) mass is 380 g/mol. The Bertz CT molecular complexity index is 813. The third-order valence-corrected chi connectivity index (χ3v) is 5.86. The van der Waals surface area contributed by atoms with Gasteiger partial charge in [-0.15, -0.1) is 0 Å². The number of hydrogen-bond donors (Lipinski definition) is 1. The average molecular weight is 380 g/mol. The number of amides is 1. The Hall–Kier alpha value is -2.47. The summed E-state index contributed by atoms with van der Waals surface area (Å²) in [7, 11) is 0. The zero-order valence-corrected chi connectivity index (χ0v) is 16.5.